The highest BCUT2D eigenvalue weighted by molar-refractivity contribution is 5.65. The Bertz CT molecular complexity index is 5170. The van der Waals surface area contributed by atoms with Crippen LogP contribution in [0, 0.1) is 214 Å². The Hall–Kier alpha value is -8.40. The molecule has 2 nitrogen and oxygen atoms in total. The lowest BCUT2D eigenvalue weighted by Gasteiger charge is -2.37. The van der Waals surface area contributed by atoms with E-state index in [0.29, 0.717) is 104 Å². The lowest BCUT2D eigenvalue weighted by atomic mass is 9.68. The van der Waals surface area contributed by atoms with E-state index in [1.54, 1.807) is 108 Å². The van der Waals surface area contributed by atoms with E-state index < -0.39 is 81.4 Å². The molecular formula is C122H156F14O2. The molecule has 0 aliphatic heterocycles. The predicted molar refractivity (Wildman–Crippen MR) is 536 cm³/mol. The third-order valence-corrected chi connectivity index (χ3v) is 32.7. The second kappa shape index (κ2) is 53.6. The molecule has 9 aromatic rings. The smallest absolute Gasteiger partial charge is 0.200 e. The minimum absolute atomic E-state index is 0.0386. The zero-order chi connectivity index (χ0) is 99.6. The molecule has 0 amide bonds. The Labute approximate surface area is 817 Å². The van der Waals surface area contributed by atoms with Crippen LogP contribution in [0.15, 0.2) is 133 Å². The van der Waals surface area contributed by atoms with Crippen LogP contribution in [-0.2, 0) is 19.4 Å². The molecule has 8 aliphatic rings. The van der Waals surface area contributed by atoms with Gasteiger partial charge in [0.25, 0.3) is 0 Å². The van der Waals surface area contributed by atoms with E-state index in [4.69, 9.17) is 9.47 Å². The second-order valence-electron chi connectivity index (χ2n) is 43.5. The van der Waals surface area contributed by atoms with Crippen molar-refractivity contribution in [3.05, 3.63) is 293 Å². The maximum atomic E-state index is 14.2. The molecule has 8 saturated carbocycles. The van der Waals surface area contributed by atoms with Crippen molar-refractivity contribution in [2.45, 2.75) is 352 Å². The first kappa shape index (κ1) is 110. The second-order valence-corrected chi connectivity index (χ2v) is 43.5. The molecule has 0 spiro atoms. The summed E-state index contributed by atoms with van der Waals surface area (Å²) in [6.45, 7) is 27.6. The maximum Gasteiger partial charge on any atom is 0.200 e. The molecule has 17 rings (SSSR count). The molecule has 8 aliphatic carbocycles. The first-order chi connectivity index (χ1) is 66.0. The SMILES string of the molecule is Cc1ccc(-c2ccc(C3CCC(C)CC3)cc2)c(F)c1F.Cc1ccc(C2CCC(C)CC2)c(F)c1F.Cc1ccc(C2CCC(C3CCC(C)CC3)CC2)c(F)c1F.Cc1ccc(CCC2CCC(C)CC2)c(F)c1F.Cc1ccc(CCC2CCC(C3CCC(C)CC3)CC2)c(F)c1F.Cc1ccc(COc2ccc(C)c(F)c2F)cc1.Cc1ccc(OCC2CCC(C)CC2)c(F)c1F. The number of benzene rings is 9. The molecule has 0 aromatic heterocycles. The van der Waals surface area contributed by atoms with Gasteiger partial charge in [0, 0.05) is 5.56 Å². The zero-order valence-corrected chi connectivity index (χ0v) is 84.9. The van der Waals surface area contributed by atoms with Crippen molar-refractivity contribution in [2.24, 2.45) is 76.9 Å². The van der Waals surface area contributed by atoms with Crippen molar-refractivity contribution in [2.75, 3.05) is 6.61 Å². The normalized spacial score (nSPS) is 24.8. The fourth-order valence-corrected chi connectivity index (χ4v) is 22.4. The summed E-state index contributed by atoms with van der Waals surface area (Å²) >= 11 is 0. The topological polar surface area (TPSA) is 18.5 Å². The van der Waals surface area contributed by atoms with Gasteiger partial charge < -0.3 is 9.47 Å². The molecule has 16 heteroatoms. The Morgan fingerprint density at radius 1 is 0.232 bits per heavy atom. The number of halogens is 14. The zero-order valence-electron chi connectivity index (χ0n) is 84.9. The van der Waals surface area contributed by atoms with Gasteiger partial charge in [-0.2, -0.15) is 8.78 Å². The minimum Gasteiger partial charge on any atom is -0.490 e. The van der Waals surface area contributed by atoms with Crippen molar-refractivity contribution in [1.29, 1.82) is 0 Å². The largest absolute Gasteiger partial charge is 0.490 e. The monoisotopic (exact) mass is 1920 g/mol. The van der Waals surface area contributed by atoms with Crippen LogP contribution in [0.1, 0.15) is 355 Å². The van der Waals surface area contributed by atoms with Gasteiger partial charge in [0.2, 0.25) is 11.6 Å². The van der Waals surface area contributed by atoms with Crippen LogP contribution in [0.25, 0.3) is 11.1 Å². The summed E-state index contributed by atoms with van der Waals surface area (Å²) in [7, 11) is 0. The van der Waals surface area contributed by atoms with Crippen LogP contribution in [0.2, 0.25) is 0 Å². The quantitative estimate of drug-likeness (QED) is 0.0797. The van der Waals surface area contributed by atoms with E-state index in [-0.39, 0.29) is 35.5 Å². The lowest BCUT2D eigenvalue weighted by molar-refractivity contribution is 0.147. The van der Waals surface area contributed by atoms with Crippen LogP contribution in [0.4, 0.5) is 61.5 Å². The highest BCUT2D eigenvalue weighted by atomic mass is 19.2. The Balaban J connectivity index is 0.000000155. The Morgan fingerprint density at radius 2 is 0.514 bits per heavy atom. The molecular weight excluding hydrogens is 1760 g/mol. The van der Waals surface area contributed by atoms with Crippen LogP contribution < -0.4 is 9.47 Å². The summed E-state index contributed by atoms with van der Waals surface area (Å²) in [5, 5.41) is 0. The van der Waals surface area contributed by atoms with E-state index in [1.807, 2.05) is 43.3 Å². The van der Waals surface area contributed by atoms with Crippen LogP contribution >= 0.6 is 0 Å². The van der Waals surface area contributed by atoms with Gasteiger partial charge in [0.05, 0.1) is 6.61 Å². The standard InChI is InChI=1S/C22H32F2.C20H28F2.C20H22F2.C16H22F2.C15H20F2O.C15H14F2O.C14H18F2/c1-15-3-9-18(10-4-15)19-12-6-17(7-13-19)8-14-20-11-5-16(2)21(23)22(20)24;2*1-13-3-6-15(7-4-13)16-8-10-17(11-9-16)18-12-5-14(2)19(21)20(18)22;1-11-3-6-13(7-4-11)8-10-14-9-5-12(2)15(17)16(14)18;2*1-10-3-6-12(7-4-10)9-18-13-8-5-11(2)14(16)15(13)17;1-9-3-6-11(7-4-9)12-8-5-10(2)13(15)14(12)16/h5,11,15,17-19H,3-4,6-10,12-14H2,1-2H3;5,12-13,15-17H,3-4,6-11H2,1-2H3;5,8-13,15H,3-4,6-7H2,1-2H3;5,9,11,13H,3-4,6-8,10H2,1-2H3;5,8,10,12H,3-4,6-7,9H2,1-2H3;3-8H,9H2,1-2H3;5,8-9,11H,3-4,6-7H2,1-2H3. The summed E-state index contributed by atoms with van der Waals surface area (Å²) < 4.78 is 202. The molecule has 0 atom stereocenters. The van der Waals surface area contributed by atoms with Gasteiger partial charge in [-0.25, -0.2) is 52.7 Å². The molecule has 0 radical (unpaired) electrons. The molecule has 0 saturated heterocycles. The number of hydrogen-bond acceptors (Lipinski definition) is 2. The molecule has 0 N–H and O–H groups in total. The summed E-state index contributed by atoms with van der Waals surface area (Å²) in [5.41, 5.74) is 9.27. The van der Waals surface area contributed by atoms with Gasteiger partial charge in [-0.1, -0.05) is 271 Å². The van der Waals surface area contributed by atoms with Gasteiger partial charge in [-0.05, 0) is 369 Å². The van der Waals surface area contributed by atoms with E-state index in [9.17, 15) is 61.5 Å². The van der Waals surface area contributed by atoms with E-state index in [0.717, 1.165) is 140 Å². The van der Waals surface area contributed by atoms with Gasteiger partial charge in [0.15, 0.2) is 81.3 Å². The number of hydrogen-bond donors (Lipinski definition) is 0. The summed E-state index contributed by atoms with van der Waals surface area (Å²) in [6, 6.07) is 38.8. The molecule has 0 bridgehead atoms. The van der Waals surface area contributed by atoms with E-state index in [1.165, 1.54) is 185 Å². The van der Waals surface area contributed by atoms with Crippen molar-refractivity contribution in [1.82, 2.24) is 0 Å². The predicted octanol–water partition coefficient (Wildman–Crippen LogP) is 37.7. The number of ether oxygens (including phenoxy) is 2. The lowest BCUT2D eigenvalue weighted by Crippen LogP contribution is -2.25. The summed E-state index contributed by atoms with van der Waals surface area (Å²) in [4.78, 5) is 0. The van der Waals surface area contributed by atoms with Crippen molar-refractivity contribution < 1.29 is 70.9 Å². The maximum absolute atomic E-state index is 14.2. The van der Waals surface area contributed by atoms with E-state index in [2.05, 4.69) is 53.7 Å². The third-order valence-electron chi connectivity index (χ3n) is 32.7. The van der Waals surface area contributed by atoms with Crippen molar-refractivity contribution in [3.8, 4) is 22.6 Å². The molecule has 8 fully saturated rings. The van der Waals surface area contributed by atoms with Crippen LogP contribution in [0.5, 0.6) is 11.5 Å². The van der Waals surface area contributed by atoms with E-state index >= 15 is 0 Å². The average Bonchev–Trinajstić information content (AvgIpc) is 0.802. The Kier molecular flexibility index (Phi) is 42.7. The first-order valence-corrected chi connectivity index (χ1v) is 52.5. The molecule has 0 heterocycles. The fourth-order valence-electron chi connectivity index (χ4n) is 22.4. The summed E-state index contributed by atoms with van der Waals surface area (Å²) in [6.07, 6.45) is 43.3. The first-order valence-electron chi connectivity index (χ1n) is 52.5. The van der Waals surface area contributed by atoms with Gasteiger partial charge in [-0.3, -0.25) is 0 Å². The fraction of sp³-hybridized carbons (Fsp3) is 0.557. The van der Waals surface area contributed by atoms with Gasteiger partial charge in [0.1, 0.15) is 6.61 Å². The van der Waals surface area contributed by atoms with Crippen molar-refractivity contribution in [3.63, 3.8) is 0 Å². The molecule has 9 aromatic carbocycles. The van der Waals surface area contributed by atoms with Crippen LogP contribution in [0.3, 0.4) is 0 Å². The van der Waals surface area contributed by atoms with Gasteiger partial charge in [-0.15, -0.1) is 0 Å². The average molecular weight is 1920 g/mol. The highest BCUT2D eigenvalue weighted by Crippen LogP contribution is 2.48. The minimum atomic E-state index is -0.929. The number of rotatable bonds is 18. The van der Waals surface area contributed by atoms with Gasteiger partial charge >= 0.3 is 0 Å². The Morgan fingerprint density at radius 3 is 0.906 bits per heavy atom. The number of aryl methyl sites for hydroxylation is 10. The highest BCUT2D eigenvalue weighted by Gasteiger charge is 2.35. The van der Waals surface area contributed by atoms with Crippen LogP contribution in [-0.4, -0.2) is 6.61 Å². The summed E-state index contributed by atoms with van der Waals surface area (Å²) in [5.74, 6) is 1.44. The molecule has 754 valence electrons. The molecule has 0 unspecified atom stereocenters. The third kappa shape index (κ3) is 31.6. The molecule has 138 heavy (non-hydrogen) atoms. The van der Waals surface area contributed by atoms with Crippen molar-refractivity contribution >= 4 is 0 Å².